The number of aliphatic hydroxyl groups is 1. The molecule has 1 fully saturated rings. The van der Waals surface area contributed by atoms with Gasteiger partial charge in [0.2, 0.25) is 6.79 Å². The minimum absolute atomic E-state index is 0. The number of carbonyl (C=O) groups excluding carboxylic acids is 1. The molecule has 1 heterocycles. The van der Waals surface area contributed by atoms with Crippen LogP contribution < -0.4 is 9.47 Å². The van der Waals surface area contributed by atoms with Gasteiger partial charge in [-0.3, -0.25) is 4.79 Å². The van der Waals surface area contributed by atoms with Gasteiger partial charge in [-0.1, -0.05) is 63.2 Å². The third-order valence-corrected chi connectivity index (χ3v) is 7.43. The number of ether oxygens (including phenoxy) is 2. The summed E-state index contributed by atoms with van der Waals surface area (Å²) in [7, 11) is 0. The van der Waals surface area contributed by atoms with E-state index < -0.39 is 0 Å². The second-order valence-electron chi connectivity index (χ2n) is 9.90. The molecule has 200 valence electrons. The average molecular weight is 527 g/mol. The summed E-state index contributed by atoms with van der Waals surface area (Å²) >= 11 is 4.35. The first kappa shape index (κ1) is 30.4. The van der Waals surface area contributed by atoms with Crippen molar-refractivity contribution in [1.82, 2.24) is 0 Å². The van der Waals surface area contributed by atoms with Gasteiger partial charge in [-0.05, 0) is 71.2 Å². The SMILES string of the molecule is CC(C)[C@@H](C)CO.O.O.O=C(Cc1cccc(-c2ccc(S)cc2)c1)C1(c2ccc3c(c2)OCO3)CC1. The fraction of sp³-hybridized carbons (Fsp3) is 0.367. The molecule has 0 saturated heterocycles. The minimum atomic E-state index is -0.370. The van der Waals surface area contributed by atoms with E-state index in [1.807, 2.05) is 49.4 Å². The summed E-state index contributed by atoms with van der Waals surface area (Å²) < 4.78 is 10.9. The number of hydrogen-bond donors (Lipinski definition) is 2. The van der Waals surface area contributed by atoms with E-state index in [2.05, 4.69) is 50.7 Å². The molecule has 0 radical (unpaired) electrons. The molecule has 2 aliphatic rings. The van der Waals surface area contributed by atoms with E-state index in [4.69, 9.17) is 14.6 Å². The highest BCUT2D eigenvalue weighted by Gasteiger charge is 2.50. The van der Waals surface area contributed by atoms with E-state index in [9.17, 15) is 4.79 Å². The summed E-state index contributed by atoms with van der Waals surface area (Å²) in [5, 5.41) is 8.51. The highest BCUT2D eigenvalue weighted by molar-refractivity contribution is 7.80. The van der Waals surface area contributed by atoms with Crippen molar-refractivity contribution in [1.29, 1.82) is 0 Å². The number of fused-ring (bicyclic) bond motifs is 1. The Morgan fingerprint density at radius 2 is 1.59 bits per heavy atom. The van der Waals surface area contributed by atoms with Gasteiger partial charge in [-0.2, -0.15) is 0 Å². The first-order valence-electron chi connectivity index (χ1n) is 12.2. The molecule has 6 nitrogen and oxygen atoms in total. The van der Waals surface area contributed by atoms with Gasteiger partial charge in [-0.25, -0.2) is 0 Å². The lowest BCUT2D eigenvalue weighted by molar-refractivity contribution is -0.120. The summed E-state index contributed by atoms with van der Waals surface area (Å²) in [5.74, 6) is 2.84. The van der Waals surface area contributed by atoms with Crippen molar-refractivity contribution in [2.75, 3.05) is 13.4 Å². The Labute approximate surface area is 224 Å². The molecular formula is C30H38O6S. The Hall–Kier alpha value is -2.84. The van der Waals surface area contributed by atoms with Crippen molar-refractivity contribution in [3.63, 3.8) is 0 Å². The third-order valence-electron chi connectivity index (χ3n) is 7.13. The van der Waals surface area contributed by atoms with Gasteiger partial charge in [0.1, 0.15) is 5.78 Å². The molecule has 1 saturated carbocycles. The Bertz CT molecular complexity index is 1170. The number of rotatable bonds is 7. The Morgan fingerprint density at radius 3 is 2.19 bits per heavy atom. The number of carbonyl (C=O) groups is 1. The molecule has 0 bridgehead atoms. The van der Waals surface area contributed by atoms with E-state index in [0.717, 1.165) is 51.5 Å². The summed E-state index contributed by atoms with van der Waals surface area (Å²) in [5.41, 5.74) is 3.97. The third kappa shape index (κ3) is 7.14. The summed E-state index contributed by atoms with van der Waals surface area (Å²) in [6.45, 7) is 6.84. The highest BCUT2D eigenvalue weighted by Crippen LogP contribution is 2.51. The molecule has 5 N–H and O–H groups in total. The molecule has 1 aliphatic heterocycles. The molecule has 37 heavy (non-hydrogen) atoms. The maximum absolute atomic E-state index is 13.2. The van der Waals surface area contributed by atoms with Crippen molar-refractivity contribution < 1.29 is 30.3 Å². The molecule has 1 atom stereocenters. The Kier molecular flexibility index (Phi) is 10.8. The maximum atomic E-state index is 13.2. The number of aliphatic hydroxyl groups excluding tert-OH is 1. The van der Waals surface area contributed by atoms with E-state index in [-0.39, 0.29) is 28.9 Å². The van der Waals surface area contributed by atoms with Gasteiger partial charge in [0.25, 0.3) is 0 Å². The van der Waals surface area contributed by atoms with Crippen LogP contribution in [-0.2, 0) is 16.6 Å². The zero-order chi connectivity index (χ0) is 25.0. The van der Waals surface area contributed by atoms with Crippen LogP contribution in [0.2, 0.25) is 0 Å². The smallest absolute Gasteiger partial charge is 0.231 e. The van der Waals surface area contributed by atoms with Crippen molar-refractivity contribution in [3.8, 4) is 22.6 Å². The zero-order valence-electron chi connectivity index (χ0n) is 21.7. The highest BCUT2D eigenvalue weighted by atomic mass is 32.1. The number of benzene rings is 3. The van der Waals surface area contributed by atoms with Gasteiger partial charge >= 0.3 is 0 Å². The van der Waals surface area contributed by atoms with Crippen molar-refractivity contribution in [3.05, 3.63) is 77.9 Å². The fourth-order valence-corrected chi connectivity index (χ4v) is 4.28. The molecule has 0 spiro atoms. The lowest BCUT2D eigenvalue weighted by Crippen LogP contribution is -2.22. The number of thiol groups is 1. The predicted molar refractivity (Wildman–Crippen MR) is 150 cm³/mol. The molecule has 1 aliphatic carbocycles. The molecule has 3 aromatic carbocycles. The fourth-order valence-electron chi connectivity index (χ4n) is 4.13. The van der Waals surface area contributed by atoms with Crippen LogP contribution in [0.1, 0.15) is 44.7 Å². The summed E-state index contributed by atoms with van der Waals surface area (Å²) in [6, 6.07) is 22.2. The monoisotopic (exact) mass is 526 g/mol. The molecule has 0 unspecified atom stereocenters. The van der Waals surface area contributed by atoms with Gasteiger partial charge in [0.05, 0.1) is 5.41 Å². The number of ketones is 1. The molecule has 5 rings (SSSR count). The molecule has 3 aromatic rings. The molecule has 0 amide bonds. The normalized spacial score (nSPS) is 15.0. The van der Waals surface area contributed by atoms with Crippen LogP contribution >= 0.6 is 12.6 Å². The molecular weight excluding hydrogens is 488 g/mol. The van der Waals surface area contributed by atoms with E-state index in [0.29, 0.717) is 24.9 Å². The van der Waals surface area contributed by atoms with Crippen LogP contribution in [0.25, 0.3) is 11.1 Å². The second-order valence-corrected chi connectivity index (χ2v) is 10.4. The van der Waals surface area contributed by atoms with Gasteiger partial charge in [0, 0.05) is 17.9 Å². The lowest BCUT2D eigenvalue weighted by atomic mass is 9.87. The largest absolute Gasteiger partial charge is 0.454 e. The van der Waals surface area contributed by atoms with Crippen molar-refractivity contribution >= 4 is 18.4 Å². The van der Waals surface area contributed by atoms with Crippen LogP contribution in [-0.4, -0.2) is 35.2 Å². The second kappa shape index (κ2) is 13.1. The van der Waals surface area contributed by atoms with Crippen LogP contribution in [0.4, 0.5) is 0 Å². The van der Waals surface area contributed by atoms with Crippen LogP contribution in [0, 0.1) is 11.8 Å². The van der Waals surface area contributed by atoms with Crippen molar-refractivity contribution in [2.24, 2.45) is 11.8 Å². The lowest BCUT2D eigenvalue weighted by Gasteiger charge is -2.15. The first-order chi connectivity index (χ1) is 16.8. The van der Waals surface area contributed by atoms with Crippen molar-refractivity contribution in [2.45, 2.75) is 50.3 Å². The molecule has 0 aromatic heterocycles. The van der Waals surface area contributed by atoms with Crippen LogP contribution in [0.5, 0.6) is 11.5 Å². The number of hydrogen-bond acceptors (Lipinski definition) is 5. The van der Waals surface area contributed by atoms with Crippen LogP contribution in [0.3, 0.4) is 0 Å². The van der Waals surface area contributed by atoms with E-state index in [1.165, 1.54) is 0 Å². The van der Waals surface area contributed by atoms with Gasteiger partial charge < -0.3 is 25.5 Å². The Balaban J connectivity index is 0.000000476. The van der Waals surface area contributed by atoms with E-state index in [1.54, 1.807) is 0 Å². The average Bonchev–Trinajstić information content (AvgIpc) is 3.55. The topological polar surface area (TPSA) is 119 Å². The minimum Gasteiger partial charge on any atom is -0.454 e. The maximum Gasteiger partial charge on any atom is 0.231 e. The first-order valence-corrected chi connectivity index (χ1v) is 12.7. The number of Topliss-reactive ketones (excluding diaryl/α,β-unsaturated/α-hetero) is 1. The van der Waals surface area contributed by atoms with Crippen LogP contribution in [0.15, 0.2) is 71.6 Å². The standard InChI is InChI=1S/C24H20O3S.C6H14O.2H2O/c25-23(24(10-11-24)19-6-9-21-22(14-19)27-15-26-21)13-16-2-1-3-18(12-16)17-4-7-20(28)8-5-17;1-5(2)6(3)4-7;;/h1-9,12,14,28H,10-11,13,15H2;5-7H,4H2,1-3H3;2*1H2/t;6-;;/m.0../s1. The summed E-state index contributed by atoms with van der Waals surface area (Å²) in [6.07, 6.45) is 2.23. The van der Waals surface area contributed by atoms with Gasteiger partial charge in [-0.15, -0.1) is 12.6 Å². The summed E-state index contributed by atoms with van der Waals surface area (Å²) in [4.78, 5) is 14.1. The quantitative estimate of drug-likeness (QED) is 0.428. The molecule has 7 heteroatoms. The zero-order valence-corrected chi connectivity index (χ0v) is 22.6. The van der Waals surface area contributed by atoms with E-state index >= 15 is 0 Å². The predicted octanol–water partition coefficient (Wildman–Crippen LogP) is 4.84. The Morgan fingerprint density at radius 1 is 0.919 bits per heavy atom. The van der Waals surface area contributed by atoms with Gasteiger partial charge in [0.15, 0.2) is 11.5 Å².